The van der Waals surface area contributed by atoms with Crippen LogP contribution in [0.15, 0.2) is 152 Å². The molecule has 0 radical (unpaired) electrons. The van der Waals surface area contributed by atoms with Crippen LogP contribution in [0.25, 0.3) is 110 Å². The number of pyridine rings is 4. The van der Waals surface area contributed by atoms with Gasteiger partial charge in [0.15, 0.2) is 33.2 Å². The maximum Gasteiger partial charge on any atom is 0.255 e. The van der Waals surface area contributed by atoms with E-state index in [0.29, 0.717) is 39.9 Å². The van der Waals surface area contributed by atoms with E-state index < -0.39 is 0 Å². The fourth-order valence-corrected chi connectivity index (χ4v) is 11.0. The molecule has 0 spiro atoms. The molecule has 10 aromatic heterocycles. The maximum atomic E-state index is 13.7. The Morgan fingerprint density at radius 1 is 0.623 bits per heavy atom. The lowest BCUT2D eigenvalue weighted by Crippen LogP contribution is -2.18. The number of imidazole rings is 2. The molecule has 0 aliphatic carbocycles. The molecule has 0 saturated carbocycles. The van der Waals surface area contributed by atoms with Crippen LogP contribution in [0.1, 0.15) is 42.6 Å². The highest BCUT2D eigenvalue weighted by Crippen LogP contribution is 2.37. The highest BCUT2D eigenvalue weighted by molar-refractivity contribution is 7.14. The molecule has 1 fully saturated rings. The summed E-state index contributed by atoms with van der Waals surface area (Å²) in [6.45, 7) is 7.22. The Balaban J connectivity index is 0.000000150. The van der Waals surface area contributed by atoms with E-state index in [1.807, 2.05) is 99.2 Å². The van der Waals surface area contributed by atoms with E-state index in [9.17, 15) is 13.6 Å². The number of benzene rings is 3. The van der Waals surface area contributed by atoms with Crippen molar-refractivity contribution in [3.05, 3.63) is 174 Å². The molecule has 0 atom stereocenters. The minimum atomic E-state index is -0.243. The fraction of sp³-hybridized carbons (Fsp3) is 0.121. The molecule has 1 aliphatic heterocycles. The molecule has 1 amide bonds. The zero-order valence-corrected chi connectivity index (χ0v) is 43.1. The summed E-state index contributed by atoms with van der Waals surface area (Å²) in [4.78, 5) is 51.1. The van der Waals surface area contributed by atoms with Crippen molar-refractivity contribution in [2.24, 2.45) is 0 Å². The molecule has 13 aromatic rings. The summed E-state index contributed by atoms with van der Waals surface area (Å²) in [5.74, 6) is 1.02. The van der Waals surface area contributed by atoms with E-state index in [2.05, 4.69) is 72.6 Å². The van der Waals surface area contributed by atoms with E-state index in [0.717, 1.165) is 124 Å². The van der Waals surface area contributed by atoms with Gasteiger partial charge in [0.05, 0.1) is 44.7 Å². The number of halogens is 2. The number of aromatic nitrogens is 12. The van der Waals surface area contributed by atoms with Gasteiger partial charge in [-0.1, -0.05) is 56.3 Å². The topological polar surface area (TPSA) is 199 Å². The van der Waals surface area contributed by atoms with Crippen molar-refractivity contribution in [3.8, 4) is 66.2 Å². The molecule has 0 bridgehead atoms. The van der Waals surface area contributed by atoms with Gasteiger partial charge in [0.25, 0.3) is 5.91 Å². The lowest BCUT2D eigenvalue weighted by atomic mass is 10.1. The first-order valence-corrected chi connectivity index (χ1v) is 26.6. The van der Waals surface area contributed by atoms with Crippen molar-refractivity contribution in [2.75, 3.05) is 18.4 Å². The average molecular weight is 1060 g/mol. The highest BCUT2D eigenvalue weighted by Gasteiger charge is 2.20. The Labute approximate surface area is 446 Å². The van der Waals surface area contributed by atoms with Crippen molar-refractivity contribution in [3.63, 3.8) is 0 Å². The minimum Gasteiger partial charge on any atom is -0.337 e. The predicted octanol–water partition coefficient (Wildman–Crippen LogP) is 13.7. The number of hydrogen-bond acceptors (Lipinski definition) is 12. The Kier molecular flexibility index (Phi) is 13.4. The van der Waals surface area contributed by atoms with Crippen LogP contribution in [0.5, 0.6) is 0 Å². The number of carbonyl (C=O) groups is 1. The summed E-state index contributed by atoms with van der Waals surface area (Å²) in [7, 11) is 0. The summed E-state index contributed by atoms with van der Waals surface area (Å²) in [5.41, 5.74) is 13.5. The van der Waals surface area contributed by atoms with Gasteiger partial charge in [0.2, 0.25) is 0 Å². The molecule has 1 aliphatic rings. The number of carbonyl (C=O) groups excluding carboxylic acids is 1. The lowest BCUT2D eigenvalue weighted by molar-refractivity contribution is 0.102. The normalized spacial score (nSPS) is 12.5. The molecule has 1 saturated heterocycles. The number of amides is 1. The molecule has 77 heavy (non-hydrogen) atoms. The van der Waals surface area contributed by atoms with Crippen LogP contribution in [0.3, 0.4) is 0 Å². The number of nitrogens with one attached hydrogen (secondary N) is 5. The van der Waals surface area contributed by atoms with Gasteiger partial charge >= 0.3 is 0 Å². The second-order valence-electron chi connectivity index (χ2n) is 18.0. The molecular weight excluding hydrogens is 1010 g/mol. The number of para-hydroxylation sites is 2. The van der Waals surface area contributed by atoms with Crippen molar-refractivity contribution in [1.29, 1.82) is 0 Å². The number of thiophene rings is 2. The van der Waals surface area contributed by atoms with E-state index >= 15 is 0 Å². The van der Waals surface area contributed by atoms with Gasteiger partial charge in [-0.2, -0.15) is 19.0 Å². The highest BCUT2D eigenvalue weighted by atomic mass is 32.1. The molecule has 11 heterocycles. The Morgan fingerprint density at radius 3 is 1.94 bits per heavy atom. The van der Waals surface area contributed by atoms with E-state index in [1.54, 1.807) is 42.9 Å². The first-order valence-electron chi connectivity index (χ1n) is 25.0. The zero-order chi connectivity index (χ0) is 52.4. The van der Waals surface area contributed by atoms with Crippen LogP contribution in [0.2, 0.25) is 0 Å². The number of likely N-dealkylation sites (tertiary alicyclic amines) is 1. The fourth-order valence-electron chi connectivity index (χ4n) is 9.48. The quantitative estimate of drug-likeness (QED) is 0.0878. The SMILES string of the molecule is CC.Fc1ccc(-c2cccc3[nH]c(-c4[nH]nc5ncc(-c6cncc(CN7CCCC7)c6)cc45)nc23)s1.O=C(Nc1cncc(-c2cnc3[nH]nc(-c4nc5c(-c6ccc(F)s6)cccc5[nH]4)c3c2)c1)c1ccccc1. The maximum absolute atomic E-state index is 13.7. The monoisotopic (exact) mass is 1060 g/mol. The molecule has 0 unspecified atom stereocenters. The molecule has 5 N–H and O–H groups in total. The van der Waals surface area contributed by atoms with Crippen molar-refractivity contribution in [2.45, 2.75) is 33.2 Å². The first-order chi connectivity index (χ1) is 37.8. The number of nitrogens with zero attached hydrogens (tertiary/aromatic N) is 9. The third-order valence-corrected chi connectivity index (χ3v) is 14.9. The van der Waals surface area contributed by atoms with E-state index in [4.69, 9.17) is 9.97 Å². The number of rotatable bonds is 10. The Morgan fingerprint density at radius 2 is 1.25 bits per heavy atom. The molecule has 3 aromatic carbocycles. The Hall–Kier alpha value is -9.17. The molecular formula is C58H46F2N14OS2. The second kappa shape index (κ2) is 21.2. The standard InChI is InChI=1S/C29H18FN7OS.C27H22FN7S.C2H6/c30-24-10-9-23(39-24)20-7-4-8-22-25(20)35-28(34-22)26-21-12-18(14-32-27(21)37-36-26)17-11-19(15-31-13-17)33-29(38)16-5-2-1-3-6-16;28-23-7-6-22(36-23)19-4-3-5-21-24(19)32-27(31-21)25-20-11-18(14-30-26(20)34-33-25)17-10-16(12-29-13-17)15-35-8-1-2-9-35;1-2/h1-15H,(H,33,38)(H,34,35)(H,32,36,37);3-7,10-14H,1-2,8-9,15H2,(H,31,32)(H,30,33,34);1-2H3. The summed E-state index contributed by atoms with van der Waals surface area (Å²) < 4.78 is 27.4. The third kappa shape index (κ3) is 9.97. The summed E-state index contributed by atoms with van der Waals surface area (Å²) in [6.07, 6.45) is 13.2. The predicted molar refractivity (Wildman–Crippen MR) is 301 cm³/mol. The van der Waals surface area contributed by atoms with Crippen LogP contribution < -0.4 is 5.32 Å². The average Bonchev–Trinajstić information content (AvgIpc) is 4.43. The summed E-state index contributed by atoms with van der Waals surface area (Å²) >= 11 is 2.20. The summed E-state index contributed by atoms with van der Waals surface area (Å²) in [6, 6.07) is 35.2. The van der Waals surface area contributed by atoms with Crippen LogP contribution >= 0.6 is 22.7 Å². The smallest absolute Gasteiger partial charge is 0.255 e. The number of hydrogen-bond donors (Lipinski definition) is 5. The Bertz CT molecular complexity index is 4250. The van der Waals surface area contributed by atoms with E-state index in [1.165, 1.54) is 30.5 Å². The van der Waals surface area contributed by atoms with Gasteiger partial charge in [0, 0.05) is 86.2 Å². The van der Waals surface area contributed by atoms with Crippen LogP contribution in [-0.2, 0) is 6.54 Å². The minimum absolute atomic E-state index is 0.213. The third-order valence-electron chi connectivity index (χ3n) is 13.1. The van der Waals surface area contributed by atoms with E-state index in [-0.39, 0.29) is 16.2 Å². The lowest BCUT2D eigenvalue weighted by Gasteiger charge is -2.14. The number of fused-ring (bicyclic) bond motifs is 4. The van der Waals surface area contributed by atoms with Crippen LogP contribution in [0.4, 0.5) is 14.5 Å². The largest absolute Gasteiger partial charge is 0.337 e. The van der Waals surface area contributed by atoms with Gasteiger partial charge in [-0.05, 0) is 104 Å². The van der Waals surface area contributed by atoms with Crippen molar-refractivity contribution < 1.29 is 13.6 Å². The molecule has 14 rings (SSSR count). The summed E-state index contributed by atoms with van der Waals surface area (Å²) in [5, 5.41) is 19.1. The second-order valence-corrected chi connectivity index (χ2v) is 20.1. The van der Waals surface area contributed by atoms with Gasteiger partial charge in [-0.15, -0.1) is 22.7 Å². The first kappa shape index (κ1) is 48.8. The number of H-pyrrole nitrogens is 4. The van der Waals surface area contributed by atoms with Gasteiger partial charge in [-0.3, -0.25) is 29.9 Å². The van der Waals surface area contributed by atoms with Crippen LogP contribution in [0, 0.1) is 10.3 Å². The van der Waals surface area contributed by atoms with Crippen molar-refractivity contribution in [1.82, 2.24) is 65.2 Å². The van der Waals surface area contributed by atoms with Gasteiger partial charge in [0.1, 0.15) is 11.4 Å². The van der Waals surface area contributed by atoms with Crippen molar-refractivity contribution >= 4 is 78.4 Å². The number of aromatic amines is 4. The molecule has 19 heteroatoms. The number of anilines is 1. The molecule has 380 valence electrons. The van der Waals surface area contributed by atoms with Gasteiger partial charge < -0.3 is 15.3 Å². The van der Waals surface area contributed by atoms with Gasteiger partial charge in [-0.25, -0.2) is 19.9 Å². The molecule has 15 nitrogen and oxygen atoms in total. The zero-order valence-electron chi connectivity index (χ0n) is 41.5. The van der Waals surface area contributed by atoms with Crippen LogP contribution in [-0.4, -0.2) is 84.2 Å².